The van der Waals surface area contributed by atoms with Gasteiger partial charge in [-0.1, -0.05) is 5.69 Å². The number of rotatable bonds is 4. The minimum Gasteiger partial charge on any atom is -0.483 e. The maximum absolute atomic E-state index is 14.2. The molecule has 2 rings (SSSR count). The fourth-order valence-corrected chi connectivity index (χ4v) is 2.55. The van der Waals surface area contributed by atoms with Crippen molar-refractivity contribution in [3.8, 4) is 17.0 Å². The van der Waals surface area contributed by atoms with Crippen LogP contribution in [0.4, 0.5) is 8.78 Å². The van der Waals surface area contributed by atoms with Crippen LogP contribution in [-0.2, 0) is 39.8 Å². The van der Waals surface area contributed by atoms with Gasteiger partial charge in [-0.25, -0.2) is 8.78 Å². The van der Waals surface area contributed by atoms with Crippen molar-refractivity contribution < 1.29 is 46.2 Å². The third-order valence-electron chi connectivity index (χ3n) is 2.78. The van der Waals surface area contributed by atoms with Gasteiger partial charge in [-0.2, -0.15) is 12.1 Å². The van der Waals surface area contributed by atoms with E-state index in [0.29, 0.717) is 9.51 Å². The van der Waals surface area contributed by atoms with Gasteiger partial charge in [0.2, 0.25) is 5.56 Å². The number of thioether (sulfide) groups is 1. The molecule has 22 heavy (non-hydrogen) atoms. The Morgan fingerprint density at radius 2 is 1.95 bits per heavy atom. The van der Waals surface area contributed by atoms with Crippen LogP contribution in [0.15, 0.2) is 23.0 Å². The zero-order valence-corrected chi connectivity index (χ0v) is 17.6. The first-order chi connectivity index (χ1) is 9.95. The van der Waals surface area contributed by atoms with Gasteiger partial charge in [-0.05, 0) is 15.4 Å². The molecule has 0 saturated carbocycles. The average Bonchev–Trinajstić information content (AvgIpc) is 2.44. The first-order valence-electron chi connectivity index (χ1n) is 5.84. The Morgan fingerprint density at radius 3 is 2.50 bits per heavy atom. The predicted octanol–water partition coefficient (Wildman–Crippen LogP) is 3.43. The fourth-order valence-electron chi connectivity index (χ4n) is 1.78. The zero-order chi connectivity index (χ0) is 15.6. The van der Waals surface area contributed by atoms with Crippen LogP contribution < -0.4 is 10.3 Å². The molecule has 0 bridgehead atoms. The third kappa shape index (κ3) is 4.30. The molecule has 0 spiro atoms. The van der Waals surface area contributed by atoms with Crippen LogP contribution in [0.2, 0.25) is 0 Å². The number of pyridine rings is 1. The van der Waals surface area contributed by atoms with E-state index in [0.717, 1.165) is 12.1 Å². The molecule has 1 aromatic carbocycles. The second kappa shape index (κ2) is 8.75. The summed E-state index contributed by atoms with van der Waals surface area (Å²) in [5.74, 6) is -1.18. The largest absolute Gasteiger partial charge is 0.483 e. The van der Waals surface area contributed by atoms with E-state index in [1.54, 1.807) is 0 Å². The van der Waals surface area contributed by atoms with Crippen LogP contribution in [-0.4, -0.2) is 16.8 Å². The average molecular weight is 511 g/mol. The molecule has 1 heterocycles. The number of halogens is 3. The number of hydrogen-bond acceptors (Lipinski definition) is 3. The quantitative estimate of drug-likeness (QED) is 0.359. The summed E-state index contributed by atoms with van der Waals surface area (Å²) in [6.45, 7) is 0. The number of benzene rings is 1. The molecule has 0 aliphatic carbocycles. The van der Waals surface area contributed by atoms with Crippen molar-refractivity contribution in [3.05, 3.63) is 49.8 Å². The molecule has 1 radical (unpaired) electrons. The normalized spacial score (nSPS) is 10.2. The van der Waals surface area contributed by atoms with Crippen molar-refractivity contribution in [2.75, 3.05) is 12.2 Å². The molecular weight excluding hydrogens is 500 g/mol. The number of nitrogens with zero attached hydrogens (tertiary/aromatic N) is 1. The third-order valence-corrected chi connectivity index (χ3v) is 3.90. The molecule has 0 amide bonds. The van der Waals surface area contributed by atoms with E-state index in [1.165, 1.54) is 29.4 Å². The van der Waals surface area contributed by atoms with Gasteiger partial charge < -0.3 is 9.30 Å². The van der Waals surface area contributed by atoms with Crippen molar-refractivity contribution in [2.24, 2.45) is 7.05 Å². The molecule has 115 valence electrons. The second-order valence-electron chi connectivity index (χ2n) is 4.16. The summed E-state index contributed by atoms with van der Waals surface area (Å²) in [6, 6.07) is 6.35. The number of ether oxygens (including phenoxy) is 1. The summed E-state index contributed by atoms with van der Waals surface area (Å²) in [4.78, 5) is 11.9. The molecule has 0 atom stereocenters. The summed E-state index contributed by atoms with van der Waals surface area (Å²) in [5.41, 5.74) is -0.555. The van der Waals surface area contributed by atoms with E-state index < -0.39 is 11.6 Å². The number of aromatic nitrogens is 1. The van der Waals surface area contributed by atoms with E-state index in [2.05, 4.69) is 6.07 Å². The summed E-state index contributed by atoms with van der Waals surface area (Å²) in [5, 5.41) is 0. The Morgan fingerprint density at radius 1 is 1.36 bits per heavy atom. The van der Waals surface area contributed by atoms with Gasteiger partial charge in [0, 0.05) is 51.9 Å². The topological polar surface area (TPSA) is 31.2 Å². The van der Waals surface area contributed by atoms with E-state index in [9.17, 15) is 13.6 Å². The van der Waals surface area contributed by atoms with Crippen molar-refractivity contribution >= 4 is 34.4 Å². The molecule has 2 aromatic rings. The molecule has 8 heteroatoms. The Hall–Kier alpha value is 0.0139. The smallest absolute Gasteiger partial charge is 0.207 e. The summed E-state index contributed by atoms with van der Waals surface area (Å²) < 4.78 is 35.1. The first-order valence-corrected chi connectivity index (χ1v) is 8.31. The van der Waals surface area contributed by atoms with Gasteiger partial charge in [0.05, 0.1) is 11.6 Å². The van der Waals surface area contributed by atoms with E-state index in [-0.39, 0.29) is 55.3 Å². The molecule has 0 aliphatic heterocycles. The van der Waals surface area contributed by atoms with Gasteiger partial charge in [0.25, 0.3) is 0 Å². The van der Waals surface area contributed by atoms with Crippen molar-refractivity contribution in [3.63, 3.8) is 0 Å². The minimum atomic E-state index is -0.793. The van der Waals surface area contributed by atoms with Crippen LogP contribution in [0, 0.1) is 21.3 Å². The first kappa shape index (κ1) is 20.1. The van der Waals surface area contributed by atoms with Crippen LogP contribution in [0.1, 0.15) is 0 Å². The molecule has 0 aliphatic rings. The summed E-state index contributed by atoms with van der Waals surface area (Å²) in [6.07, 6.45) is 1.82. The minimum absolute atomic E-state index is 0. The Kier molecular flexibility index (Phi) is 7.98. The van der Waals surface area contributed by atoms with E-state index >= 15 is 0 Å². The van der Waals surface area contributed by atoms with Gasteiger partial charge in [0.15, 0.2) is 0 Å². The van der Waals surface area contributed by atoms with Gasteiger partial charge in [-0.3, -0.25) is 4.79 Å². The molecule has 3 nitrogen and oxygen atoms in total. The summed E-state index contributed by atoms with van der Waals surface area (Å²) >= 11 is 3.24. The molecule has 1 aromatic heterocycles. The monoisotopic (exact) mass is 511 g/mol. The van der Waals surface area contributed by atoms with Crippen LogP contribution in [0.3, 0.4) is 0 Å². The van der Waals surface area contributed by atoms with Gasteiger partial charge in [-0.15, -0.1) is 34.4 Å². The molecule has 0 unspecified atom stereocenters. The van der Waals surface area contributed by atoms with Crippen LogP contribution in [0.25, 0.3) is 11.3 Å². The zero-order valence-electron chi connectivity index (χ0n) is 11.8. The van der Waals surface area contributed by atoms with Crippen LogP contribution >= 0.6 is 34.4 Å². The summed E-state index contributed by atoms with van der Waals surface area (Å²) in [7, 11) is 1.45. The van der Waals surface area contributed by atoms with E-state index in [4.69, 9.17) is 4.74 Å². The molecule has 0 fully saturated rings. The van der Waals surface area contributed by atoms with Crippen LogP contribution in [0.5, 0.6) is 5.75 Å². The Balaban J connectivity index is 0.00000242. The van der Waals surface area contributed by atoms with Crippen molar-refractivity contribution in [1.29, 1.82) is 0 Å². The maximum Gasteiger partial charge on any atom is 0.207 e. The van der Waals surface area contributed by atoms with Crippen molar-refractivity contribution in [2.45, 2.75) is 0 Å². The Labute approximate surface area is 169 Å². The maximum atomic E-state index is 14.2. The molecular formula is C14H11F2INO2SY-. The SMILES string of the molecule is CSCOc1cc(F)c(-c2[c-]cc(I)c(=O)n2C)c(F)c1.[Y]. The molecule has 0 saturated heterocycles. The van der Waals surface area contributed by atoms with E-state index in [1.807, 2.05) is 28.8 Å². The van der Waals surface area contributed by atoms with Gasteiger partial charge >= 0.3 is 0 Å². The standard InChI is InChI=1S/C14H11F2INO2S.Y/c1-18-12(4-3-11(17)14(18)19)13-9(15)5-8(6-10(13)16)20-7-21-2;/h3,5-6H,7H2,1-2H3;/q-1;. The predicted molar refractivity (Wildman–Crippen MR) is 87.6 cm³/mol. The van der Waals surface area contributed by atoms with Gasteiger partial charge in [0.1, 0.15) is 11.7 Å². The fraction of sp³-hybridized carbons (Fsp3) is 0.214. The Bertz CT molecular complexity index is 716. The molecule has 0 N–H and O–H groups in total. The van der Waals surface area contributed by atoms with Crippen molar-refractivity contribution in [1.82, 2.24) is 4.57 Å². The number of hydrogen-bond donors (Lipinski definition) is 0. The second-order valence-corrected chi connectivity index (χ2v) is 6.14.